The topological polar surface area (TPSA) is 70.5 Å². The number of halogens is 2. The molecule has 1 aliphatic heterocycles. The Bertz CT molecular complexity index is 1180. The van der Waals surface area contributed by atoms with Crippen LogP contribution in [-0.4, -0.2) is 45.9 Å². The lowest BCUT2D eigenvalue weighted by Gasteiger charge is -2.26. The molecule has 9 heteroatoms. The summed E-state index contributed by atoms with van der Waals surface area (Å²) in [6.45, 7) is 5.95. The first-order chi connectivity index (χ1) is 16.4. The molecular weight excluding hydrogens is 440 g/mol. The molecule has 7 nitrogen and oxygen atoms in total. The number of hydrogen-bond acceptors (Lipinski definition) is 4. The second kappa shape index (κ2) is 10.0. The molecule has 0 spiro atoms. The summed E-state index contributed by atoms with van der Waals surface area (Å²) in [5.41, 5.74) is 1.19. The van der Waals surface area contributed by atoms with E-state index in [4.69, 9.17) is 0 Å². The Kier molecular flexibility index (Phi) is 6.90. The van der Waals surface area contributed by atoms with Gasteiger partial charge in [-0.05, 0) is 43.7 Å². The predicted octanol–water partition coefficient (Wildman–Crippen LogP) is 3.52. The van der Waals surface area contributed by atoms with Crippen molar-refractivity contribution in [3.63, 3.8) is 0 Å². The van der Waals surface area contributed by atoms with Gasteiger partial charge in [-0.25, -0.2) is 13.8 Å². The summed E-state index contributed by atoms with van der Waals surface area (Å²) in [6, 6.07) is 7.83. The van der Waals surface area contributed by atoms with E-state index in [0.717, 1.165) is 0 Å². The third-order valence-corrected chi connectivity index (χ3v) is 6.08. The molecule has 4 rings (SSSR count). The first-order valence-electron chi connectivity index (χ1n) is 11.3. The van der Waals surface area contributed by atoms with Crippen LogP contribution in [0.25, 0.3) is 0 Å². The fourth-order valence-electron chi connectivity index (χ4n) is 4.36. The maximum atomic E-state index is 14.8. The van der Waals surface area contributed by atoms with Gasteiger partial charge in [0.25, 0.3) is 5.91 Å². The molecule has 0 saturated heterocycles. The summed E-state index contributed by atoms with van der Waals surface area (Å²) in [6.07, 6.45) is 5.03. The molecule has 2 heterocycles. The Balaban J connectivity index is 1.58. The summed E-state index contributed by atoms with van der Waals surface area (Å²) < 4.78 is 31.4. The average molecular weight is 468 g/mol. The van der Waals surface area contributed by atoms with Crippen LogP contribution in [0.15, 0.2) is 55.1 Å². The van der Waals surface area contributed by atoms with E-state index in [1.54, 1.807) is 35.4 Å². The number of amides is 2. The third-order valence-electron chi connectivity index (χ3n) is 6.08. The van der Waals surface area contributed by atoms with Crippen LogP contribution in [0.5, 0.6) is 0 Å². The average Bonchev–Trinajstić information content (AvgIpc) is 3.43. The van der Waals surface area contributed by atoms with Crippen LogP contribution in [0.1, 0.15) is 41.4 Å². The summed E-state index contributed by atoms with van der Waals surface area (Å²) >= 11 is 0. The number of anilines is 1. The second-order valence-corrected chi connectivity index (χ2v) is 8.09. The van der Waals surface area contributed by atoms with E-state index >= 15 is 0 Å². The van der Waals surface area contributed by atoms with Gasteiger partial charge in [0.2, 0.25) is 5.91 Å². The first kappa shape index (κ1) is 23.4. The molecule has 2 aromatic carbocycles. The summed E-state index contributed by atoms with van der Waals surface area (Å²) in [7, 11) is 0. The van der Waals surface area contributed by atoms with Crippen molar-refractivity contribution in [2.75, 3.05) is 24.5 Å². The lowest BCUT2D eigenvalue weighted by molar-refractivity contribution is -0.125. The smallest absolute Gasteiger partial charge is 0.255 e. The lowest BCUT2D eigenvalue weighted by atomic mass is 10.0. The maximum Gasteiger partial charge on any atom is 0.255 e. The van der Waals surface area contributed by atoms with Crippen molar-refractivity contribution < 1.29 is 18.4 Å². The minimum absolute atomic E-state index is 0.0258. The zero-order valence-corrected chi connectivity index (χ0v) is 19.2. The molecule has 0 bridgehead atoms. The number of rotatable bonds is 9. The highest BCUT2D eigenvalue weighted by Gasteiger charge is 2.43. The Morgan fingerprint density at radius 3 is 2.62 bits per heavy atom. The van der Waals surface area contributed by atoms with Crippen molar-refractivity contribution in [3.05, 3.63) is 83.4 Å². The number of aromatic nitrogens is 2. The summed E-state index contributed by atoms with van der Waals surface area (Å²) in [4.78, 5) is 33.4. The van der Waals surface area contributed by atoms with E-state index in [1.165, 1.54) is 29.2 Å². The summed E-state index contributed by atoms with van der Waals surface area (Å²) in [5, 5.41) is 2.79. The van der Waals surface area contributed by atoms with Gasteiger partial charge in [-0.3, -0.25) is 9.59 Å². The molecular formula is C25H27F2N5O2. The standard InChI is InChI=1S/C25H27F2N5O2/c1-3-31(4-2)21-9-8-17(14-20(21)27)15-32-23(22-18(25(32)34)6-5-7-19(22)26)24(33)29-11-13-30-12-10-28-16-30/h5-10,12,14,16,23H,3-4,11,13,15H2,1-2H3,(H,29,33). The van der Waals surface area contributed by atoms with E-state index in [-0.39, 0.29) is 24.2 Å². The molecule has 0 saturated carbocycles. The quantitative estimate of drug-likeness (QED) is 0.523. The molecule has 3 aromatic rings. The maximum absolute atomic E-state index is 14.8. The van der Waals surface area contributed by atoms with E-state index < -0.39 is 29.5 Å². The Hall–Kier alpha value is -3.75. The van der Waals surface area contributed by atoms with Gasteiger partial charge in [-0.2, -0.15) is 0 Å². The van der Waals surface area contributed by atoms with Crippen LogP contribution in [0.2, 0.25) is 0 Å². The number of imidazole rings is 1. The number of carbonyl (C=O) groups excluding carboxylic acids is 2. The molecule has 0 aliphatic carbocycles. The van der Waals surface area contributed by atoms with Gasteiger partial charge in [0.05, 0.1) is 12.0 Å². The van der Waals surface area contributed by atoms with Gasteiger partial charge in [-0.1, -0.05) is 12.1 Å². The monoisotopic (exact) mass is 467 g/mol. The van der Waals surface area contributed by atoms with Crippen molar-refractivity contribution >= 4 is 17.5 Å². The van der Waals surface area contributed by atoms with Gasteiger partial charge in [0, 0.05) is 56.2 Å². The van der Waals surface area contributed by atoms with Gasteiger partial charge in [0.15, 0.2) is 0 Å². The highest BCUT2D eigenvalue weighted by atomic mass is 19.1. The minimum Gasteiger partial charge on any atom is -0.370 e. The van der Waals surface area contributed by atoms with Crippen LogP contribution in [0.4, 0.5) is 14.5 Å². The highest BCUT2D eigenvalue weighted by Crippen LogP contribution is 2.37. The van der Waals surface area contributed by atoms with Gasteiger partial charge in [-0.15, -0.1) is 0 Å². The molecule has 178 valence electrons. The van der Waals surface area contributed by atoms with Crippen molar-refractivity contribution in [1.82, 2.24) is 19.8 Å². The number of benzene rings is 2. The SMILES string of the molecule is CCN(CC)c1ccc(CN2C(=O)c3cccc(F)c3C2C(=O)NCCn2ccnc2)cc1F. The predicted molar refractivity (Wildman–Crippen MR) is 124 cm³/mol. The molecule has 1 atom stereocenters. The largest absolute Gasteiger partial charge is 0.370 e. The van der Waals surface area contributed by atoms with Crippen LogP contribution in [0.3, 0.4) is 0 Å². The van der Waals surface area contributed by atoms with Crippen LogP contribution in [0, 0.1) is 11.6 Å². The van der Waals surface area contributed by atoms with E-state index in [1.807, 2.05) is 18.7 Å². The molecule has 2 amide bonds. The van der Waals surface area contributed by atoms with Crippen molar-refractivity contribution in [1.29, 1.82) is 0 Å². The Morgan fingerprint density at radius 1 is 1.15 bits per heavy atom. The van der Waals surface area contributed by atoms with Crippen molar-refractivity contribution in [2.24, 2.45) is 0 Å². The fraction of sp³-hybridized carbons (Fsp3) is 0.320. The number of nitrogens with zero attached hydrogens (tertiary/aromatic N) is 4. The first-order valence-corrected chi connectivity index (χ1v) is 11.3. The summed E-state index contributed by atoms with van der Waals surface area (Å²) in [5.74, 6) is -1.97. The Morgan fingerprint density at radius 2 is 1.94 bits per heavy atom. The Labute approximate surface area is 197 Å². The zero-order valence-electron chi connectivity index (χ0n) is 19.2. The van der Waals surface area contributed by atoms with Crippen LogP contribution in [-0.2, 0) is 17.9 Å². The zero-order chi connectivity index (χ0) is 24.2. The number of nitrogens with one attached hydrogen (secondary N) is 1. The highest BCUT2D eigenvalue weighted by molar-refractivity contribution is 6.04. The lowest BCUT2D eigenvalue weighted by Crippen LogP contribution is -2.40. The number of hydrogen-bond donors (Lipinski definition) is 1. The van der Waals surface area contributed by atoms with Gasteiger partial charge >= 0.3 is 0 Å². The molecule has 0 fully saturated rings. The molecule has 1 aliphatic rings. The second-order valence-electron chi connectivity index (χ2n) is 8.09. The van der Waals surface area contributed by atoms with E-state index in [2.05, 4.69) is 10.3 Å². The molecule has 1 N–H and O–H groups in total. The van der Waals surface area contributed by atoms with Gasteiger partial charge in [0.1, 0.15) is 17.7 Å². The molecule has 1 aromatic heterocycles. The van der Waals surface area contributed by atoms with Gasteiger partial charge < -0.3 is 19.7 Å². The molecule has 1 unspecified atom stereocenters. The number of fused-ring (bicyclic) bond motifs is 1. The van der Waals surface area contributed by atoms with E-state index in [0.29, 0.717) is 30.9 Å². The van der Waals surface area contributed by atoms with E-state index in [9.17, 15) is 18.4 Å². The normalized spacial score (nSPS) is 14.9. The fourth-order valence-corrected chi connectivity index (χ4v) is 4.36. The molecule has 34 heavy (non-hydrogen) atoms. The van der Waals surface area contributed by atoms with Crippen LogP contribution < -0.4 is 10.2 Å². The molecule has 0 radical (unpaired) electrons. The minimum atomic E-state index is -1.14. The third kappa shape index (κ3) is 4.50. The van der Waals surface area contributed by atoms with Crippen LogP contribution >= 0.6 is 0 Å². The van der Waals surface area contributed by atoms with Crippen molar-refractivity contribution in [2.45, 2.75) is 33.0 Å². The van der Waals surface area contributed by atoms with Crippen molar-refractivity contribution in [3.8, 4) is 0 Å². The number of carbonyl (C=O) groups is 2.